The summed E-state index contributed by atoms with van der Waals surface area (Å²) < 4.78 is 7.14. The van der Waals surface area contributed by atoms with E-state index in [1.165, 1.54) is 12.8 Å². The highest BCUT2D eigenvalue weighted by Crippen LogP contribution is 2.31. The first-order valence-electron chi connectivity index (χ1n) is 8.54. The van der Waals surface area contributed by atoms with E-state index in [9.17, 15) is 4.79 Å². The van der Waals surface area contributed by atoms with Crippen molar-refractivity contribution >= 4 is 22.6 Å². The number of ether oxygens (including phenoxy) is 1. The van der Waals surface area contributed by atoms with Crippen LogP contribution in [-0.4, -0.2) is 27.8 Å². The summed E-state index contributed by atoms with van der Waals surface area (Å²) in [5.74, 6) is 1.28. The largest absolute Gasteiger partial charge is 0.497 e. The molecule has 1 fully saturated rings. The van der Waals surface area contributed by atoms with Crippen LogP contribution in [0.4, 0.5) is 5.82 Å². The number of nitrogens with zero attached hydrogens (tertiary/aromatic N) is 3. The number of methoxy groups -OCH3 is 1. The van der Waals surface area contributed by atoms with Crippen LogP contribution >= 0.6 is 0 Å². The molecular weight excluding hydrogens is 316 g/mol. The van der Waals surface area contributed by atoms with E-state index in [1.54, 1.807) is 19.4 Å². The molecule has 1 amide bonds. The molecule has 2 aromatic heterocycles. The van der Waals surface area contributed by atoms with Gasteiger partial charge < -0.3 is 10.1 Å². The van der Waals surface area contributed by atoms with Crippen LogP contribution in [-0.2, 0) is 0 Å². The molecule has 0 aliphatic heterocycles. The number of amides is 1. The van der Waals surface area contributed by atoms with Crippen molar-refractivity contribution in [3.8, 4) is 5.75 Å². The number of carbonyl (C=O) groups excluding carboxylic acids is 1. The summed E-state index contributed by atoms with van der Waals surface area (Å²) >= 11 is 0. The lowest BCUT2D eigenvalue weighted by molar-refractivity contribution is 0.102. The molecule has 2 heterocycles. The number of hydrogen-bond acceptors (Lipinski definition) is 4. The predicted molar refractivity (Wildman–Crippen MR) is 96.0 cm³/mol. The first-order valence-corrected chi connectivity index (χ1v) is 8.54. The normalized spacial score (nSPS) is 14.8. The predicted octanol–water partition coefficient (Wildman–Crippen LogP) is 3.81. The first kappa shape index (κ1) is 15.6. The van der Waals surface area contributed by atoms with Crippen molar-refractivity contribution in [1.29, 1.82) is 0 Å². The second kappa shape index (κ2) is 6.55. The molecule has 0 bridgehead atoms. The molecule has 1 aliphatic rings. The number of carbonyl (C=O) groups is 1. The van der Waals surface area contributed by atoms with Crippen molar-refractivity contribution in [3.05, 3.63) is 48.3 Å². The quantitative estimate of drug-likeness (QED) is 0.786. The summed E-state index contributed by atoms with van der Waals surface area (Å²) in [5.41, 5.74) is 1.15. The molecule has 1 saturated carbocycles. The molecule has 25 heavy (non-hydrogen) atoms. The Balaban J connectivity index is 1.57. The fraction of sp³-hybridized carbons (Fsp3) is 0.316. The van der Waals surface area contributed by atoms with Gasteiger partial charge in [0.05, 0.1) is 24.9 Å². The molecule has 0 unspecified atom stereocenters. The SMILES string of the molecule is COc1ccc2nc(C(=O)Nc3ccnn3C3CCCC3)ccc2c1. The van der Waals surface area contributed by atoms with Gasteiger partial charge in [0.15, 0.2) is 0 Å². The number of aromatic nitrogens is 3. The average molecular weight is 336 g/mol. The third kappa shape index (κ3) is 3.07. The van der Waals surface area contributed by atoms with E-state index in [-0.39, 0.29) is 5.91 Å². The van der Waals surface area contributed by atoms with Gasteiger partial charge in [0.25, 0.3) is 5.91 Å². The number of hydrogen-bond donors (Lipinski definition) is 1. The van der Waals surface area contributed by atoms with Gasteiger partial charge >= 0.3 is 0 Å². The molecule has 0 atom stereocenters. The van der Waals surface area contributed by atoms with Gasteiger partial charge in [0, 0.05) is 11.5 Å². The van der Waals surface area contributed by atoms with Crippen molar-refractivity contribution in [2.75, 3.05) is 12.4 Å². The highest BCUT2D eigenvalue weighted by molar-refractivity contribution is 6.03. The molecule has 1 aromatic carbocycles. The van der Waals surface area contributed by atoms with Gasteiger partial charge in [-0.15, -0.1) is 0 Å². The fourth-order valence-corrected chi connectivity index (χ4v) is 3.39. The summed E-state index contributed by atoms with van der Waals surface area (Å²) in [6.45, 7) is 0. The second-order valence-corrected chi connectivity index (χ2v) is 6.31. The summed E-state index contributed by atoms with van der Waals surface area (Å²) in [5, 5.41) is 8.26. The number of nitrogens with one attached hydrogen (secondary N) is 1. The first-order chi connectivity index (χ1) is 12.2. The minimum atomic E-state index is -0.225. The smallest absolute Gasteiger partial charge is 0.275 e. The van der Waals surface area contributed by atoms with Gasteiger partial charge in [0.2, 0.25) is 0 Å². The van der Waals surface area contributed by atoms with Crippen molar-refractivity contribution in [3.63, 3.8) is 0 Å². The Morgan fingerprint density at radius 3 is 2.84 bits per heavy atom. The number of rotatable bonds is 4. The van der Waals surface area contributed by atoms with E-state index in [1.807, 2.05) is 35.0 Å². The fourth-order valence-electron chi connectivity index (χ4n) is 3.39. The van der Waals surface area contributed by atoms with Gasteiger partial charge in [0.1, 0.15) is 17.3 Å². The summed E-state index contributed by atoms with van der Waals surface area (Å²) in [4.78, 5) is 17.1. The Labute approximate surface area is 145 Å². The van der Waals surface area contributed by atoms with Crippen LogP contribution in [0.2, 0.25) is 0 Å². The molecule has 0 radical (unpaired) electrons. The van der Waals surface area contributed by atoms with Crippen molar-refractivity contribution in [2.24, 2.45) is 0 Å². The monoisotopic (exact) mass is 336 g/mol. The van der Waals surface area contributed by atoms with E-state index in [2.05, 4.69) is 15.4 Å². The zero-order chi connectivity index (χ0) is 17.2. The molecule has 3 aromatic rings. The molecule has 4 rings (SSSR count). The molecule has 0 saturated heterocycles. The van der Waals surface area contributed by atoms with Crippen LogP contribution in [0, 0.1) is 0 Å². The van der Waals surface area contributed by atoms with E-state index in [0.717, 1.165) is 35.3 Å². The zero-order valence-corrected chi connectivity index (χ0v) is 14.1. The lowest BCUT2D eigenvalue weighted by atomic mass is 10.2. The van der Waals surface area contributed by atoms with E-state index >= 15 is 0 Å². The van der Waals surface area contributed by atoms with Crippen molar-refractivity contribution in [2.45, 2.75) is 31.7 Å². The Morgan fingerprint density at radius 2 is 2.04 bits per heavy atom. The maximum absolute atomic E-state index is 12.6. The van der Waals surface area contributed by atoms with Crippen LogP contribution in [0.15, 0.2) is 42.6 Å². The molecule has 0 spiro atoms. The van der Waals surface area contributed by atoms with Crippen LogP contribution < -0.4 is 10.1 Å². The van der Waals surface area contributed by atoms with Gasteiger partial charge in [-0.25, -0.2) is 9.67 Å². The maximum atomic E-state index is 12.6. The second-order valence-electron chi connectivity index (χ2n) is 6.31. The number of benzene rings is 1. The summed E-state index contributed by atoms with van der Waals surface area (Å²) in [6, 6.07) is 11.4. The van der Waals surface area contributed by atoms with E-state index < -0.39 is 0 Å². The minimum absolute atomic E-state index is 0.225. The molecule has 1 N–H and O–H groups in total. The Kier molecular flexibility index (Phi) is 4.09. The highest BCUT2D eigenvalue weighted by atomic mass is 16.5. The third-order valence-corrected chi connectivity index (χ3v) is 4.71. The molecule has 1 aliphatic carbocycles. The maximum Gasteiger partial charge on any atom is 0.275 e. The lowest BCUT2D eigenvalue weighted by Crippen LogP contribution is -2.18. The number of anilines is 1. The van der Waals surface area contributed by atoms with Crippen LogP contribution in [0.5, 0.6) is 5.75 Å². The average Bonchev–Trinajstić information content (AvgIpc) is 3.32. The Morgan fingerprint density at radius 1 is 1.20 bits per heavy atom. The van der Waals surface area contributed by atoms with Gasteiger partial charge in [-0.2, -0.15) is 5.10 Å². The van der Waals surface area contributed by atoms with Crippen LogP contribution in [0.3, 0.4) is 0 Å². The summed E-state index contributed by atoms with van der Waals surface area (Å²) in [7, 11) is 1.63. The Hall–Kier alpha value is -2.89. The third-order valence-electron chi connectivity index (χ3n) is 4.71. The standard InChI is InChI=1S/C19H20N4O2/c1-25-15-7-9-16-13(12-15)6-8-17(21-16)19(24)22-18-10-11-20-23(18)14-4-2-3-5-14/h6-12,14H,2-5H2,1H3,(H,22,24). The van der Waals surface area contributed by atoms with Crippen LogP contribution in [0.25, 0.3) is 10.9 Å². The lowest BCUT2D eigenvalue weighted by Gasteiger charge is -2.14. The van der Waals surface area contributed by atoms with Crippen LogP contribution in [0.1, 0.15) is 42.2 Å². The number of fused-ring (bicyclic) bond motifs is 1. The van der Waals surface area contributed by atoms with Gasteiger partial charge in [-0.05, 0) is 37.1 Å². The van der Waals surface area contributed by atoms with E-state index in [0.29, 0.717) is 11.7 Å². The molecule has 6 heteroatoms. The molecule has 128 valence electrons. The highest BCUT2D eigenvalue weighted by Gasteiger charge is 2.21. The van der Waals surface area contributed by atoms with Crippen molar-refractivity contribution in [1.82, 2.24) is 14.8 Å². The van der Waals surface area contributed by atoms with Crippen molar-refractivity contribution < 1.29 is 9.53 Å². The minimum Gasteiger partial charge on any atom is -0.497 e. The topological polar surface area (TPSA) is 69.0 Å². The summed E-state index contributed by atoms with van der Waals surface area (Å²) in [6.07, 6.45) is 6.39. The van der Waals surface area contributed by atoms with Gasteiger partial charge in [-0.3, -0.25) is 4.79 Å². The zero-order valence-electron chi connectivity index (χ0n) is 14.1. The van der Waals surface area contributed by atoms with E-state index in [4.69, 9.17) is 4.74 Å². The number of pyridine rings is 1. The van der Waals surface area contributed by atoms with Gasteiger partial charge in [-0.1, -0.05) is 18.9 Å². The molecular formula is C19H20N4O2. The molecule has 6 nitrogen and oxygen atoms in total. The Bertz CT molecular complexity index is 913.